The van der Waals surface area contributed by atoms with Crippen LogP contribution in [0.15, 0.2) is 218 Å². The topological polar surface area (TPSA) is 21.7 Å². The summed E-state index contributed by atoms with van der Waals surface area (Å²) < 4.78 is 16.3. The van der Waals surface area contributed by atoms with Crippen LogP contribution < -0.4 is 14.4 Å². The summed E-state index contributed by atoms with van der Waals surface area (Å²) in [4.78, 5) is 2.37. The number of hydrogen-bond acceptors (Lipinski definition) is 4. The summed E-state index contributed by atoms with van der Waals surface area (Å²) in [6.07, 6.45) is 6.74. The predicted octanol–water partition coefficient (Wildman–Crippen LogP) is 17.2. The first-order valence-corrected chi connectivity index (χ1v) is 23.3. The number of nitrogens with zero attached hydrogens (tertiary/aromatic N) is 1. The zero-order chi connectivity index (χ0) is 42.6. The lowest BCUT2D eigenvalue weighted by Gasteiger charge is -2.34. The van der Waals surface area contributed by atoms with Crippen molar-refractivity contribution in [3.8, 4) is 56.4 Å². The second-order valence-corrected chi connectivity index (χ2v) is 18.5. The van der Waals surface area contributed by atoms with Crippen molar-refractivity contribution in [1.29, 1.82) is 0 Å². The van der Waals surface area contributed by atoms with Gasteiger partial charge in [0.25, 0.3) is 0 Å². The fourth-order valence-electron chi connectivity index (χ4n) is 11.2. The molecule has 14 rings (SSSR count). The second kappa shape index (κ2) is 14.0. The Hall–Kier alpha value is -7.92. The molecule has 0 saturated carbocycles. The quantitative estimate of drug-likeness (QED) is 0.172. The molecule has 4 heteroatoms. The average Bonchev–Trinajstić information content (AvgIpc) is 3.99. The van der Waals surface area contributed by atoms with Crippen molar-refractivity contribution < 1.29 is 9.47 Å². The standard InChI is InChI=1S/C61H39NO2S/c1-2-13-38(14-3-1)39-25-28-42(29-26-39)62(44-30-31-49-48-20-7-11-24-59(48)65-60(49)35-44)43-16-12-15-40(33-43)41-27-32-55-56(34-41)64-57-36-50-47-19-6-10-23-53(47)61(54(50)37-58(57)63-55)51-21-8-4-17-45(51)46-18-5-9-22-52(46)61/h1-8,10-21,23-37H,9,22H2. The lowest BCUT2D eigenvalue weighted by Crippen LogP contribution is -2.27. The number of anilines is 3. The summed E-state index contributed by atoms with van der Waals surface area (Å²) >= 11 is 1.84. The van der Waals surface area contributed by atoms with E-state index in [9.17, 15) is 0 Å². The lowest BCUT2D eigenvalue weighted by molar-refractivity contribution is 0.359. The fraction of sp³-hybridized carbons (Fsp3) is 0.0492. The summed E-state index contributed by atoms with van der Waals surface area (Å²) in [5.41, 5.74) is 18.1. The average molecular weight is 850 g/mol. The molecule has 1 aliphatic heterocycles. The molecule has 1 spiro atoms. The van der Waals surface area contributed by atoms with E-state index >= 15 is 0 Å². The third kappa shape index (κ3) is 5.41. The largest absolute Gasteiger partial charge is 0.450 e. The molecule has 65 heavy (non-hydrogen) atoms. The van der Waals surface area contributed by atoms with Gasteiger partial charge in [-0.2, -0.15) is 0 Å². The van der Waals surface area contributed by atoms with Crippen molar-refractivity contribution in [2.75, 3.05) is 4.90 Å². The molecule has 0 bridgehead atoms. The van der Waals surface area contributed by atoms with Gasteiger partial charge in [-0.15, -0.1) is 11.3 Å². The van der Waals surface area contributed by atoms with Crippen LogP contribution in [0, 0.1) is 0 Å². The summed E-state index contributed by atoms with van der Waals surface area (Å²) in [5, 5.41) is 2.58. The summed E-state index contributed by atoms with van der Waals surface area (Å²) in [7, 11) is 0. The van der Waals surface area contributed by atoms with Crippen LogP contribution in [0.3, 0.4) is 0 Å². The van der Waals surface area contributed by atoms with Gasteiger partial charge in [-0.1, -0.05) is 146 Å². The molecule has 0 saturated heterocycles. The molecule has 3 aliphatic carbocycles. The van der Waals surface area contributed by atoms with Gasteiger partial charge in [0.15, 0.2) is 23.0 Å². The Labute approximate surface area is 381 Å². The molecule has 4 aliphatic rings. The Balaban J connectivity index is 0.847. The van der Waals surface area contributed by atoms with E-state index in [0.717, 1.165) is 52.5 Å². The van der Waals surface area contributed by atoms with Gasteiger partial charge in [0.2, 0.25) is 0 Å². The van der Waals surface area contributed by atoms with Crippen molar-refractivity contribution >= 4 is 54.1 Å². The van der Waals surface area contributed by atoms with Crippen molar-refractivity contribution in [1.82, 2.24) is 0 Å². The number of hydrogen-bond donors (Lipinski definition) is 0. The van der Waals surface area contributed by atoms with E-state index in [2.05, 4.69) is 217 Å². The molecule has 1 atom stereocenters. The van der Waals surface area contributed by atoms with Crippen molar-refractivity contribution in [3.63, 3.8) is 0 Å². The van der Waals surface area contributed by atoms with E-state index < -0.39 is 0 Å². The molecule has 10 aromatic rings. The van der Waals surface area contributed by atoms with E-state index in [1.54, 1.807) is 0 Å². The number of ether oxygens (including phenoxy) is 2. The summed E-state index contributed by atoms with van der Waals surface area (Å²) in [6.45, 7) is 0. The monoisotopic (exact) mass is 849 g/mol. The van der Waals surface area contributed by atoms with E-state index in [4.69, 9.17) is 9.47 Å². The van der Waals surface area contributed by atoms with Crippen molar-refractivity contribution in [2.24, 2.45) is 0 Å². The van der Waals surface area contributed by atoms with Gasteiger partial charge >= 0.3 is 0 Å². The summed E-state index contributed by atoms with van der Waals surface area (Å²) in [6, 6.07) is 72.6. The third-order valence-corrected chi connectivity index (χ3v) is 15.2. The Morgan fingerprint density at radius 3 is 1.95 bits per heavy atom. The molecule has 2 heterocycles. The molecule has 0 radical (unpaired) electrons. The molecule has 3 nitrogen and oxygen atoms in total. The Bertz CT molecular complexity index is 3670. The lowest BCUT2D eigenvalue weighted by atomic mass is 9.68. The van der Waals surface area contributed by atoms with Crippen LogP contribution in [-0.2, 0) is 5.41 Å². The Kier molecular flexibility index (Phi) is 7.90. The first kappa shape index (κ1) is 36.6. The van der Waals surface area contributed by atoms with Gasteiger partial charge in [-0.05, 0) is 146 Å². The highest BCUT2D eigenvalue weighted by molar-refractivity contribution is 7.25. The van der Waals surface area contributed by atoms with Crippen molar-refractivity contribution in [3.05, 3.63) is 240 Å². The maximum Gasteiger partial charge on any atom is 0.170 e. The molecule has 306 valence electrons. The van der Waals surface area contributed by atoms with Crippen LogP contribution in [0.5, 0.6) is 23.0 Å². The zero-order valence-electron chi connectivity index (χ0n) is 35.3. The number of fused-ring (bicyclic) bond motifs is 14. The molecule has 9 aromatic carbocycles. The maximum atomic E-state index is 6.88. The minimum Gasteiger partial charge on any atom is -0.450 e. The van der Waals surface area contributed by atoms with Gasteiger partial charge in [0.1, 0.15) is 0 Å². The van der Waals surface area contributed by atoms with E-state index in [0.29, 0.717) is 11.5 Å². The Morgan fingerprint density at radius 1 is 0.415 bits per heavy atom. The fourth-order valence-corrected chi connectivity index (χ4v) is 12.4. The molecular formula is C61H39NO2S. The highest BCUT2D eigenvalue weighted by atomic mass is 32.1. The predicted molar refractivity (Wildman–Crippen MR) is 269 cm³/mol. The van der Waals surface area contributed by atoms with Crippen LogP contribution >= 0.6 is 11.3 Å². The maximum absolute atomic E-state index is 6.88. The van der Waals surface area contributed by atoms with Gasteiger partial charge in [-0.25, -0.2) is 0 Å². The Morgan fingerprint density at radius 2 is 1.06 bits per heavy atom. The SMILES string of the molecule is C1=CC2=C(CC1)C1(c3ccccc32)c2ccccc2-c2cc3c(cc21)Oc1ccc(-c2cccc(N(c4ccc(-c5ccccc5)cc4)c4ccc5c(c4)sc4ccccc45)c2)cc1O3. The van der Waals surface area contributed by atoms with E-state index in [1.807, 2.05) is 11.3 Å². The number of rotatable bonds is 5. The zero-order valence-corrected chi connectivity index (χ0v) is 36.1. The number of benzene rings is 9. The first-order chi connectivity index (χ1) is 32.2. The third-order valence-electron chi connectivity index (χ3n) is 14.0. The highest BCUT2D eigenvalue weighted by Crippen LogP contribution is 2.65. The molecular weight excluding hydrogens is 811 g/mol. The van der Waals surface area contributed by atoms with E-state index in [1.165, 1.54) is 75.8 Å². The van der Waals surface area contributed by atoms with Crippen LogP contribution in [0.4, 0.5) is 17.1 Å². The van der Waals surface area contributed by atoms with Crippen LogP contribution in [-0.4, -0.2) is 0 Å². The highest BCUT2D eigenvalue weighted by Gasteiger charge is 2.53. The summed E-state index contributed by atoms with van der Waals surface area (Å²) in [5.74, 6) is 2.91. The molecule has 1 aromatic heterocycles. The normalized spacial score (nSPS) is 16.1. The van der Waals surface area contributed by atoms with Gasteiger partial charge in [-0.3, -0.25) is 0 Å². The van der Waals surface area contributed by atoms with Crippen LogP contribution in [0.1, 0.15) is 35.1 Å². The molecule has 0 amide bonds. The number of allylic oxidation sites excluding steroid dienone is 4. The second-order valence-electron chi connectivity index (χ2n) is 17.5. The minimum absolute atomic E-state index is 0.363. The van der Waals surface area contributed by atoms with Crippen LogP contribution in [0.25, 0.3) is 59.1 Å². The van der Waals surface area contributed by atoms with Crippen LogP contribution in [0.2, 0.25) is 0 Å². The van der Waals surface area contributed by atoms with Gasteiger partial charge in [0.05, 0.1) is 5.41 Å². The first-order valence-electron chi connectivity index (χ1n) is 22.4. The molecule has 0 N–H and O–H groups in total. The molecule has 1 unspecified atom stereocenters. The van der Waals surface area contributed by atoms with E-state index in [-0.39, 0.29) is 5.41 Å². The minimum atomic E-state index is -0.363. The van der Waals surface area contributed by atoms with Crippen molar-refractivity contribution in [2.45, 2.75) is 18.3 Å². The van der Waals surface area contributed by atoms with Gasteiger partial charge < -0.3 is 14.4 Å². The number of thiophene rings is 1. The van der Waals surface area contributed by atoms with Gasteiger partial charge in [0, 0.05) is 37.2 Å². The smallest absolute Gasteiger partial charge is 0.170 e. The molecule has 0 fully saturated rings.